The Balaban J connectivity index is 1.78. The Morgan fingerprint density at radius 1 is 1.27 bits per heavy atom. The van der Waals surface area contributed by atoms with E-state index in [-0.39, 0.29) is 23.9 Å². The number of anilines is 1. The number of nitrogens with zero attached hydrogens (tertiary/aromatic N) is 1. The van der Waals surface area contributed by atoms with Gasteiger partial charge in [-0.25, -0.2) is 4.79 Å². The molecule has 1 unspecified atom stereocenters. The highest BCUT2D eigenvalue weighted by Gasteiger charge is 2.35. The van der Waals surface area contributed by atoms with E-state index >= 15 is 0 Å². The van der Waals surface area contributed by atoms with E-state index in [1.165, 1.54) is 19.2 Å². The number of carbonyl (C=O) groups is 1. The van der Waals surface area contributed by atoms with E-state index in [0.29, 0.717) is 0 Å². The monoisotopic (exact) mass is 364 g/mol. The fraction of sp³-hybridized carbons (Fsp3) is 0.316. The molecule has 0 saturated heterocycles. The van der Waals surface area contributed by atoms with Gasteiger partial charge < -0.3 is 10.1 Å². The van der Waals surface area contributed by atoms with Gasteiger partial charge in [0, 0.05) is 18.3 Å². The second-order valence-corrected chi connectivity index (χ2v) is 6.23. The number of hydrogen-bond donors (Lipinski definition) is 1. The van der Waals surface area contributed by atoms with Crippen molar-refractivity contribution in [3.05, 3.63) is 59.2 Å². The summed E-state index contributed by atoms with van der Waals surface area (Å²) in [6.07, 6.45) is -3.80. The van der Waals surface area contributed by atoms with E-state index in [9.17, 15) is 18.0 Å². The molecule has 1 aliphatic rings. The van der Waals surface area contributed by atoms with Crippen LogP contribution in [0.5, 0.6) is 5.75 Å². The van der Waals surface area contributed by atoms with Crippen LogP contribution in [0.1, 0.15) is 23.6 Å². The van der Waals surface area contributed by atoms with E-state index < -0.39 is 17.8 Å². The quantitative estimate of drug-likeness (QED) is 0.878. The number of amides is 2. The van der Waals surface area contributed by atoms with E-state index in [1.54, 1.807) is 4.90 Å². The molecule has 0 radical (unpaired) electrons. The Bertz CT molecular complexity index is 821. The van der Waals surface area contributed by atoms with Crippen LogP contribution in [0.3, 0.4) is 0 Å². The van der Waals surface area contributed by atoms with Gasteiger partial charge in [-0.3, -0.25) is 4.90 Å². The lowest BCUT2D eigenvalue weighted by atomic mass is 10.1. The molecule has 1 atom stereocenters. The predicted octanol–water partition coefficient (Wildman–Crippen LogP) is 4.37. The van der Waals surface area contributed by atoms with E-state index in [2.05, 4.69) is 5.32 Å². The highest BCUT2D eigenvalue weighted by atomic mass is 19.4. The van der Waals surface area contributed by atoms with Crippen molar-refractivity contribution in [3.8, 4) is 5.75 Å². The lowest BCUT2D eigenvalue weighted by Gasteiger charge is -2.23. The lowest BCUT2D eigenvalue weighted by molar-refractivity contribution is -0.138. The number of ether oxygens (including phenoxy) is 1. The average molecular weight is 364 g/mol. The van der Waals surface area contributed by atoms with Crippen LogP contribution >= 0.6 is 0 Å². The van der Waals surface area contributed by atoms with Gasteiger partial charge in [-0.2, -0.15) is 13.2 Å². The zero-order valence-corrected chi connectivity index (χ0v) is 14.4. The van der Waals surface area contributed by atoms with Crippen LogP contribution in [0.2, 0.25) is 0 Å². The predicted molar refractivity (Wildman–Crippen MR) is 92.3 cm³/mol. The fourth-order valence-corrected chi connectivity index (χ4v) is 3.23. The molecule has 138 valence electrons. The van der Waals surface area contributed by atoms with E-state index in [0.717, 1.165) is 23.7 Å². The minimum atomic E-state index is -4.53. The third-order valence-electron chi connectivity index (χ3n) is 4.48. The van der Waals surface area contributed by atoms with E-state index in [1.807, 2.05) is 31.2 Å². The standard InChI is InChI=1S/C19H19F3N2O2/c1-12-9-13-5-3-4-6-17(13)24(12)18(25)23-11-14-7-8-15(26-2)10-16(14)19(20,21)22/h3-8,10,12H,9,11H2,1-2H3,(H,23,25). The number of carbonyl (C=O) groups excluding carboxylic acids is 1. The Hall–Kier alpha value is -2.70. The number of rotatable bonds is 3. The SMILES string of the molecule is COc1ccc(CNC(=O)N2c3ccccc3CC2C)c(C(F)(F)F)c1. The summed E-state index contributed by atoms with van der Waals surface area (Å²) in [5.41, 5.74) is 1.03. The number of fused-ring (bicyclic) bond motifs is 1. The van der Waals surface area contributed by atoms with Crippen LogP contribution < -0.4 is 15.0 Å². The van der Waals surface area contributed by atoms with Gasteiger partial charge in [0.15, 0.2) is 0 Å². The maximum absolute atomic E-state index is 13.3. The molecule has 2 aromatic carbocycles. The molecule has 26 heavy (non-hydrogen) atoms. The normalized spacial score (nSPS) is 16.3. The van der Waals surface area contributed by atoms with Crippen LogP contribution in [0.15, 0.2) is 42.5 Å². The van der Waals surface area contributed by atoms with Crippen LogP contribution in [0.25, 0.3) is 0 Å². The molecule has 3 rings (SSSR count). The third kappa shape index (κ3) is 3.47. The number of para-hydroxylation sites is 1. The summed E-state index contributed by atoms with van der Waals surface area (Å²) in [7, 11) is 1.31. The van der Waals surface area contributed by atoms with Crippen LogP contribution in [0, 0.1) is 0 Å². The average Bonchev–Trinajstić information content (AvgIpc) is 2.94. The molecule has 1 heterocycles. The number of halogens is 3. The maximum Gasteiger partial charge on any atom is 0.416 e. The molecule has 2 aromatic rings. The number of hydrogen-bond acceptors (Lipinski definition) is 2. The molecule has 0 fully saturated rings. The van der Waals surface area contributed by atoms with Crippen molar-refractivity contribution in [2.75, 3.05) is 12.0 Å². The Morgan fingerprint density at radius 2 is 2.00 bits per heavy atom. The minimum absolute atomic E-state index is 0.00761. The van der Waals surface area contributed by atoms with Gasteiger partial charge in [-0.15, -0.1) is 0 Å². The van der Waals surface area contributed by atoms with E-state index in [4.69, 9.17) is 4.74 Å². The molecular weight excluding hydrogens is 345 g/mol. The van der Waals surface area contributed by atoms with Gasteiger partial charge in [-0.1, -0.05) is 24.3 Å². The topological polar surface area (TPSA) is 41.6 Å². The van der Waals surface area contributed by atoms with Crippen molar-refractivity contribution in [3.63, 3.8) is 0 Å². The molecule has 0 aromatic heterocycles. The summed E-state index contributed by atoms with van der Waals surface area (Å²) in [4.78, 5) is 14.2. The number of alkyl halides is 3. The van der Waals surface area contributed by atoms with Crippen molar-refractivity contribution in [2.24, 2.45) is 0 Å². The van der Waals surface area contributed by atoms with Gasteiger partial charge in [0.25, 0.3) is 0 Å². The van der Waals surface area contributed by atoms with Gasteiger partial charge in [-0.05, 0) is 42.7 Å². The second kappa shape index (κ2) is 6.90. The Morgan fingerprint density at radius 3 is 2.69 bits per heavy atom. The first-order chi connectivity index (χ1) is 12.3. The molecule has 4 nitrogen and oxygen atoms in total. The first-order valence-corrected chi connectivity index (χ1v) is 8.20. The minimum Gasteiger partial charge on any atom is -0.497 e. The summed E-state index contributed by atoms with van der Waals surface area (Å²) in [5.74, 6) is 0.120. The van der Waals surface area contributed by atoms with Crippen LogP contribution in [0.4, 0.5) is 23.7 Å². The summed E-state index contributed by atoms with van der Waals surface area (Å²) >= 11 is 0. The molecule has 2 amide bonds. The van der Waals surface area contributed by atoms with Gasteiger partial charge in [0.2, 0.25) is 0 Å². The highest BCUT2D eigenvalue weighted by Crippen LogP contribution is 2.35. The molecule has 0 bridgehead atoms. The summed E-state index contributed by atoms with van der Waals surface area (Å²) < 4.78 is 44.7. The van der Waals surface area contributed by atoms with Gasteiger partial charge in [0.1, 0.15) is 5.75 Å². The zero-order chi connectivity index (χ0) is 18.9. The Labute approximate surface area is 149 Å². The second-order valence-electron chi connectivity index (χ2n) is 6.23. The molecule has 1 aliphatic heterocycles. The number of nitrogens with one attached hydrogen (secondary N) is 1. The Kier molecular flexibility index (Phi) is 4.80. The highest BCUT2D eigenvalue weighted by molar-refractivity contribution is 5.94. The molecule has 0 aliphatic carbocycles. The molecule has 1 N–H and O–H groups in total. The van der Waals surface area contributed by atoms with Crippen molar-refractivity contribution in [1.82, 2.24) is 5.32 Å². The van der Waals surface area contributed by atoms with Gasteiger partial charge in [0.05, 0.1) is 12.7 Å². The van der Waals surface area contributed by atoms with Gasteiger partial charge >= 0.3 is 12.2 Å². The molecule has 0 spiro atoms. The van der Waals surface area contributed by atoms with Crippen molar-refractivity contribution in [2.45, 2.75) is 32.1 Å². The van der Waals surface area contributed by atoms with Crippen molar-refractivity contribution >= 4 is 11.7 Å². The number of benzene rings is 2. The van der Waals surface area contributed by atoms with Crippen molar-refractivity contribution < 1.29 is 22.7 Å². The maximum atomic E-state index is 13.3. The zero-order valence-electron chi connectivity index (χ0n) is 14.4. The lowest BCUT2D eigenvalue weighted by Crippen LogP contribution is -2.43. The number of urea groups is 1. The summed E-state index contributed by atoms with van der Waals surface area (Å²) in [6, 6.07) is 10.8. The third-order valence-corrected chi connectivity index (χ3v) is 4.48. The van der Waals surface area contributed by atoms with Crippen LogP contribution in [-0.4, -0.2) is 19.2 Å². The largest absolute Gasteiger partial charge is 0.497 e. The fourth-order valence-electron chi connectivity index (χ4n) is 3.23. The van der Waals surface area contributed by atoms with Crippen molar-refractivity contribution in [1.29, 1.82) is 0 Å². The first-order valence-electron chi connectivity index (χ1n) is 8.20. The molecular formula is C19H19F3N2O2. The summed E-state index contributed by atoms with van der Waals surface area (Å²) in [5, 5.41) is 2.61. The molecule has 7 heteroatoms. The molecule has 0 saturated carbocycles. The first kappa shape index (κ1) is 18.1. The smallest absolute Gasteiger partial charge is 0.416 e. The number of methoxy groups -OCH3 is 1. The van der Waals surface area contributed by atoms with Crippen LogP contribution in [-0.2, 0) is 19.1 Å². The summed E-state index contributed by atoms with van der Waals surface area (Å²) in [6.45, 7) is 1.69.